The van der Waals surface area contributed by atoms with Gasteiger partial charge in [0.05, 0.1) is 17.6 Å². The number of nitrogen functional groups attached to an aromatic ring is 1. The van der Waals surface area contributed by atoms with E-state index in [9.17, 15) is 4.79 Å². The van der Waals surface area contributed by atoms with Crippen molar-refractivity contribution in [2.75, 3.05) is 12.3 Å². The highest BCUT2D eigenvalue weighted by atomic mass is 16.1. The van der Waals surface area contributed by atoms with Crippen LogP contribution in [0.25, 0.3) is 0 Å². The maximum atomic E-state index is 12.0. The topological polar surface area (TPSA) is 115 Å². The van der Waals surface area contributed by atoms with E-state index in [0.29, 0.717) is 30.4 Å². The van der Waals surface area contributed by atoms with Gasteiger partial charge in [0.15, 0.2) is 5.69 Å². The van der Waals surface area contributed by atoms with E-state index in [2.05, 4.69) is 25.8 Å². The molecule has 0 bridgehead atoms. The lowest BCUT2D eigenvalue weighted by molar-refractivity contribution is 0.0948. The maximum absolute atomic E-state index is 12.0. The van der Waals surface area contributed by atoms with E-state index in [0.717, 1.165) is 25.0 Å². The van der Waals surface area contributed by atoms with Crippen LogP contribution in [0.5, 0.6) is 0 Å². The lowest BCUT2D eigenvalue weighted by Gasteiger charge is -2.04. The minimum Gasteiger partial charge on any atom is -0.395 e. The van der Waals surface area contributed by atoms with Gasteiger partial charge in [0, 0.05) is 25.2 Å². The Kier molecular flexibility index (Phi) is 3.36. The number of aromatic nitrogens is 5. The van der Waals surface area contributed by atoms with Crippen LogP contribution in [-0.4, -0.2) is 37.6 Å². The quantitative estimate of drug-likeness (QED) is 0.655. The molecule has 1 saturated carbocycles. The predicted octanol–water partition coefficient (Wildman–Crippen LogP) is 0.281. The third-order valence-corrected chi connectivity index (χ3v) is 3.36. The molecule has 8 heteroatoms. The highest BCUT2D eigenvalue weighted by molar-refractivity contribution is 5.97. The van der Waals surface area contributed by atoms with Gasteiger partial charge < -0.3 is 11.1 Å². The van der Waals surface area contributed by atoms with Crippen LogP contribution < -0.4 is 11.1 Å². The fourth-order valence-corrected chi connectivity index (χ4v) is 2.10. The van der Waals surface area contributed by atoms with Gasteiger partial charge in [-0.2, -0.15) is 5.10 Å². The summed E-state index contributed by atoms with van der Waals surface area (Å²) in [5.41, 5.74) is 7.64. The molecule has 0 radical (unpaired) electrons. The van der Waals surface area contributed by atoms with Gasteiger partial charge in [-0.05, 0) is 19.3 Å². The molecule has 0 unspecified atom stereocenters. The molecular formula is C12H17N7O. The SMILES string of the molecule is Nc1c(C(=O)NCCCn2ccnn2)n[nH]c1C1CC1. The summed E-state index contributed by atoms with van der Waals surface area (Å²) >= 11 is 0. The van der Waals surface area contributed by atoms with Crippen molar-refractivity contribution in [1.29, 1.82) is 0 Å². The normalized spacial score (nSPS) is 14.4. The molecule has 0 aliphatic heterocycles. The average Bonchev–Trinajstić information content (AvgIpc) is 3.00. The number of nitrogens with zero attached hydrogens (tertiary/aromatic N) is 4. The summed E-state index contributed by atoms with van der Waals surface area (Å²) in [6.45, 7) is 1.26. The number of anilines is 1. The van der Waals surface area contributed by atoms with Gasteiger partial charge in [0.25, 0.3) is 5.91 Å². The zero-order chi connectivity index (χ0) is 13.9. The summed E-state index contributed by atoms with van der Waals surface area (Å²) in [6.07, 6.45) is 6.42. The van der Waals surface area contributed by atoms with E-state index in [1.807, 2.05) is 0 Å². The van der Waals surface area contributed by atoms with Crippen LogP contribution in [0.4, 0.5) is 5.69 Å². The number of H-pyrrole nitrogens is 1. The van der Waals surface area contributed by atoms with Crippen LogP contribution in [0.15, 0.2) is 12.4 Å². The second-order valence-electron chi connectivity index (χ2n) is 4.95. The predicted molar refractivity (Wildman–Crippen MR) is 71.9 cm³/mol. The average molecular weight is 275 g/mol. The largest absolute Gasteiger partial charge is 0.395 e. The van der Waals surface area contributed by atoms with E-state index >= 15 is 0 Å². The molecule has 0 saturated heterocycles. The smallest absolute Gasteiger partial charge is 0.273 e. The Morgan fingerprint density at radius 2 is 2.40 bits per heavy atom. The van der Waals surface area contributed by atoms with E-state index in [4.69, 9.17) is 5.73 Å². The molecule has 8 nitrogen and oxygen atoms in total. The lowest BCUT2D eigenvalue weighted by Crippen LogP contribution is -2.26. The molecule has 0 atom stereocenters. The molecule has 1 fully saturated rings. The molecule has 2 heterocycles. The van der Waals surface area contributed by atoms with Crippen molar-refractivity contribution in [3.63, 3.8) is 0 Å². The monoisotopic (exact) mass is 275 g/mol. The van der Waals surface area contributed by atoms with Crippen molar-refractivity contribution in [2.24, 2.45) is 0 Å². The number of hydrogen-bond donors (Lipinski definition) is 3. The summed E-state index contributed by atoms with van der Waals surface area (Å²) in [6, 6.07) is 0. The molecule has 106 valence electrons. The molecule has 1 aliphatic carbocycles. The summed E-state index contributed by atoms with van der Waals surface area (Å²) in [5.74, 6) is 0.223. The van der Waals surface area contributed by atoms with Crippen molar-refractivity contribution in [1.82, 2.24) is 30.5 Å². The van der Waals surface area contributed by atoms with Gasteiger partial charge in [0.2, 0.25) is 0 Å². The summed E-state index contributed by atoms with van der Waals surface area (Å²) in [4.78, 5) is 12.0. The molecule has 1 amide bonds. The van der Waals surface area contributed by atoms with Crippen LogP contribution in [0.2, 0.25) is 0 Å². The van der Waals surface area contributed by atoms with E-state index < -0.39 is 0 Å². The fraction of sp³-hybridized carbons (Fsp3) is 0.500. The van der Waals surface area contributed by atoms with Gasteiger partial charge in [-0.25, -0.2) is 0 Å². The first kappa shape index (κ1) is 12.6. The number of carbonyl (C=O) groups excluding carboxylic acids is 1. The Bertz CT molecular complexity index is 585. The molecule has 0 spiro atoms. The number of amides is 1. The van der Waals surface area contributed by atoms with Gasteiger partial charge in [0.1, 0.15) is 0 Å². The minimum atomic E-state index is -0.232. The standard InChI is InChI=1S/C12H17N7O/c13-9-10(8-2-3-8)16-17-11(9)12(20)14-4-1-6-19-7-5-15-18-19/h5,7-8H,1-4,6,13H2,(H,14,20)(H,16,17). The van der Waals surface area contributed by atoms with Crippen molar-refractivity contribution in [2.45, 2.75) is 31.7 Å². The van der Waals surface area contributed by atoms with E-state index in [-0.39, 0.29) is 5.91 Å². The van der Waals surface area contributed by atoms with E-state index in [1.165, 1.54) is 0 Å². The number of nitrogens with one attached hydrogen (secondary N) is 2. The highest BCUT2D eigenvalue weighted by Crippen LogP contribution is 2.42. The Labute approximate surface area is 115 Å². The van der Waals surface area contributed by atoms with Crippen LogP contribution in [0, 0.1) is 0 Å². The fourth-order valence-electron chi connectivity index (χ4n) is 2.10. The maximum Gasteiger partial charge on any atom is 0.273 e. The first-order valence-corrected chi connectivity index (χ1v) is 6.71. The van der Waals surface area contributed by atoms with Gasteiger partial charge in [-0.1, -0.05) is 5.21 Å². The third-order valence-electron chi connectivity index (χ3n) is 3.36. The summed E-state index contributed by atoms with van der Waals surface area (Å²) in [5, 5.41) is 17.3. The van der Waals surface area contributed by atoms with Gasteiger partial charge >= 0.3 is 0 Å². The number of rotatable bonds is 6. The number of aromatic amines is 1. The molecule has 2 aromatic rings. The summed E-state index contributed by atoms with van der Waals surface area (Å²) in [7, 11) is 0. The van der Waals surface area contributed by atoms with Crippen molar-refractivity contribution in [3.8, 4) is 0 Å². The van der Waals surface area contributed by atoms with Gasteiger partial charge in [-0.3, -0.25) is 14.6 Å². The number of hydrogen-bond acceptors (Lipinski definition) is 5. The Hall–Kier alpha value is -2.38. The molecular weight excluding hydrogens is 258 g/mol. The molecule has 4 N–H and O–H groups in total. The Morgan fingerprint density at radius 3 is 3.10 bits per heavy atom. The zero-order valence-corrected chi connectivity index (χ0v) is 11.0. The first-order chi connectivity index (χ1) is 9.75. The third kappa shape index (κ3) is 2.63. The number of aryl methyl sites for hydroxylation is 1. The Morgan fingerprint density at radius 1 is 1.55 bits per heavy atom. The first-order valence-electron chi connectivity index (χ1n) is 6.71. The molecule has 1 aliphatic rings. The van der Waals surface area contributed by atoms with Crippen LogP contribution >= 0.6 is 0 Å². The Balaban J connectivity index is 1.49. The number of nitrogens with two attached hydrogens (primary N) is 1. The highest BCUT2D eigenvalue weighted by Gasteiger charge is 2.30. The van der Waals surface area contributed by atoms with Gasteiger partial charge in [-0.15, -0.1) is 5.10 Å². The molecule has 2 aromatic heterocycles. The second-order valence-corrected chi connectivity index (χ2v) is 4.95. The minimum absolute atomic E-state index is 0.232. The van der Waals surface area contributed by atoms with E-state index in [1.54, 1.807) is 17.1 Å². The second kappa shape index (κ2) is 5.32. The van der Waals surface area contributed by atoms with Crippen molar-refractivity contribution >= 4 is 11.6 Å². The van der Waals surface area contributed by atoms with Crippen LogP contribution in [-0.2, 0) is 6.54 Å². The molecule has 0 aromatic carbocycles. The van der Waals surface area contributed by atoms with Crippen molar-refractivity contribution in [3.05, 3.63) is 23.8 Å². The van der Waals surface area contributed by atoms with Crippen molar-refractivity contribution < 1.29 is 4.79 Å². The van der Waals surface area contributed by atoms with Crippen LogP contribution in [0.3, 0.4) is 0 Å². The number of carbonyl (C=O) groups is 1. The molecule has 3 rings (SSSR count). The lowest BCUT2D eigenvalue weighted by atomic mass is 10.2. The summed E-state index contributed by atoms with van der Waals surface area (Å²) < 4.78 is 1.72. The molecule has 20 heavy (non-hydrogen) atoms. The zero-order valence-electron chi connectivity index (χ0n) is 11.0. The van der Waals surface area contributed by atoms with Crippen LogP contribution in [0.1, 0.15) is 41.4 Å².